The summed E-state index contributed by atoms with van der Waals surface area (Å²) in [6.07, 6.45) is 2.84. The minimum atomic E-state index is -0.974. The van der Waals surface area contributed by atoms with Gasteiger partial charge in [0.05, 0.1) is 29.1 Å². The van der Waals surface area contributed by atoms with Gasteiger partial charge < -0.3 is 10.6 Å². The topological polar surface area (TPSA) is 77.8 Å². The van der Waals surface area contributed by atoms with Crippen LogP contribution < -0.4 is 10.6 Å². The number of hydrogen-bond donors (Lipinski definition) is 2. The van der Waals surface area contributed by atoms with Crippen LogP contribution in [-0.4, -0.2) is 10.9 Å². The van der Waals surface area contributed by atoms with Crippen molar-refractivity contribution < 1.29 is 13.6 Å². The lowest BCUT2D eigenvalue weighted by molar-refractivity contribution is 0.102. The first-order chi connectivity index (χ1) is 12.5. The van der Waals surface area contributed by atoms with Crippen LogP contribution in [0.1, 0.15) is 15.9 Å². The molecule has 0 unspecified atom stereocenters. The summed E-state index contributed by atoms with van der Waals surface area (Å²) in [6, 6.07) is 13.3. The molecule has 0 atom stereocenters. The van der Waals surface area contributed by atoms with E-state index in [0.29, 0.717) is 22.6 Å². The van der Waals surface area contributed by atoms with Crippen molar-refractivity contribution in [2.24, 2.45) is 0 Å². The lowest BCUT2D eigenvalue weighted by Crippen LogP contribution is -2.12. The number of anilines is 3. The molecule has 0 saturated heterocycles. The molecule has 0 saturated carbocycles. The monoisotopic (exact) mass is 350 g/mol. The molecule has 2 aromatic carbocycles. The molecule has 0 aliphatic carbocycles. The van der Waals surface area contributed by atoms with Crippen molar-refractivity contribution in [3.8, 4) is 6.07 Å². The first kappa shape index (κ1) is 17.0. The molecule has 3 rings (SSSR count). The molecular weight excluding hydrogens is 338 g/mol. The van der Waals surface area contributed by atoms with Gasteiger partial charge in [0.15, 0.2) is 11.6 Å². The van der Waals surface area contributed by atoms with E-state index in [1.54, 1.807) is 24.3 Å². The molecule has 0 bridgehead atoms. The lowest BCUT2D eigenvalue weighted by Gasteiger charge is -2.09. The van der Waals surface area contributed by atoms with Gasteiger partial charge in [0.1, 0.15) is 0 Å². The van der Waals surface area contributed by atoms with E-state index in [4.69, 9.17) is 5.26 Å². The van der Waals surface area contributed by atoms with Crippen LogP contribution in [0.3, 0.4) is 0 Å². The predicted molar refractivity (Wildman–Crippen MR) is 93.0 cm³/mol. The highest BCUT2D eigenvalue weighted by Gasteiger charge is 2.09. The highest BCUT2D eigenvalue weighted by atomic mass is 19.2. The normalized spacial score (nSPS) is 10.0. The third kappa shape index (κ3) is 3.99. The average molecular weight is 350 g/mol. The number of carbonyl (C=O) groups is 1. The summed E-state index contributed by atoms with van der Waals surface area (Å²) in [5.41, 5.74) is 2.08. The Labute approximate surface area is 147 Å². The minimum absolute atomic E-state index is 0.280. The van der Waals surface area contributed by atoms with E-state index in [0.717, 1.165) is 12.1 Å². The number of nitrogens with zero attached hydrogens (tertiary/aromatic N) is 2. The molecule has 26 heavy (non-hydrogen) atoms. The SMILES string of the molecule is N#Cc1ccc(NC(=O)c2cncc(Nc3ccc(F)c(F)c3)c2)cc1. The fraction of sp³-hybridized carbons (Fsp3) is 0. The Morgan fingerprint density at radius 2 is 1.65 bits per heavy atom. The van der Waals surface area contributed by atoms with Crippen molar-refractivity contribution in [3.05, 3.63) is 83.7 Å². The predicted octanol–water partition coefficient (Wildman–Crippen LogP) is 4.23. The van der Waals surface area contributed by atoms with Gasteiger partial charge in [-0.2, -0.15) is 5.26 Å². The van der Waals surface area contributed by atoms with Crippen LogP contribution in [0, 0.1) is 23.0 Å². The summed E-state index contributed by atoms with van der Waals surface area (Å²) in [4.78, 5) is 16.3. The van der Waals surface area contributed by atoms with Crippen molar-refractivity contribution >= 4 is 23.0 Å². The summed E-state index contributed by atoms with van der Waals surface area (Å²) in [7, 11) is 0. The largest absolute Gasteiger partial charge is 0.354 e. The Hall–Kier alpha value is -3.79. The van der Waals surface area contributed by atoms with E-state index in [9.17, 15) is 13.6 Å². The minimum Gasteiger partial charge on any atom is -0.354 e. The summed E-state index contributed by atoms with van der Waals surface area (Å²) < 4.78 is 26.2. The van der Waals surface area contributed by atoms with Gasteiger partial charge >= 0.3 is 0 Å². The van der Waals surface area contributed by atoms with Crippen LogP contribution in [0.25, 0.3) is 0 Å². The number of benzene rings is 2. The number of carbonyl (C=O) groups excluding carboxylic acids is 1. The van der Waals surface area contributed by atoms with Crippen LogP contribution in [-0.2, 0) is 0 Å². The molecule has 0 aliphatic heterocycles. The molecule has 0 aliphatic rings. The second kappa shape index (κ2) is 7.40. The van der Waals surface area contributed by atoms with E-state index < -0.39 is 17.5 Å². The van der Waals surface area contributed by atoms with Crippen LogP contribution in [0.5, 0.6) is 0 Å². The first-order valence-electron chi connectivity index (χ1n) is 7.54. The maximum Gasteiger partial charge on any atom is 0.257 e. The molecule has 2 N–H and O–H groups in total. The van der Waals surface area contributed by atoms with Crippen molar-refractivity contribution in [2.45, 2.75) is 0 Å². The van der Waals surface area contributed by atoms with Crippen molar-refractivity contribution in [1.29, 1.82) is 5.26 Å². The number of hydrogen-bond acceptors (Lipinski definition) is 4. The second-order valence-corrected chi connectivity index (χ2v) is 5.36. The fourth-order valence-corrected chi connectivity index (χ4v) is 2.20. The third-order valence-electron chi connectivity index (χ3n) is 3.48. The summed E-state index contributed by atoms with van der Waals surface area (Å²) in [6.45, 7) is 0. The Morgan fingerprint density at radius 3 is 2.35 bits per heavy atom. The van der Waals surface area contributed by atoms with Gasteiger partial charge in [-0.3, -0.25) is 9.78 Å². The van der Waals surface area contributed by atoms with Gasteiger partial charge in [-0.05, 0) is 42.5 Å². The number of amides is 1. The number of nitriles is 1. The molecule has 5 nitrogen and oxygen atoms in total. The molecule has 3 aromatic rings. The fourth-order valence-electron chi connectivity index (χ4n) is 2.20. The molecule has 7 heteroatoms. The van der Waals surface area contributed by atoms with Crippen LogP contribution in [0.15, 0.2) is 60.9 Å². The van der Waals surface area contributed by atoms with Crippen molar-refractivity contribution in [3.63, 3.8) is 0 Å². The Bertz CT molecular complexity index is 997. The summed E-state index contributed by atoms with van der Waals surface area (Å²) in [5, 5.41) is 14.3. The van der Waals surface area contributed by atoms with Crippen LogP contribution in [0.2, 0.25) is 0 Å². The Morgan fingerprint density at radius 1 is 0.923 bits per heavy atom. The quantitative estimate of drug-likeness (QED) is 0.738. The zero-order chi connectivity index (χ0) is 18.5. The summed E-state index contributed by atoms with van der Waals surface area (Å²) in [5.74, 6) is -2.31. The Balaban J connectivity index is 1.74. The van der Waals surface area contributed by atoms with E-state index >= 15 is 0 Å². The molecule has 1 aromatic heterocycles. The lowest BCUT2D eigenvalue weighted by atomic mass is 10.2. The zero-order valence-corrected chi connectivity index (χ0v) is 13.3. The maximum atomic E-state index is 13.3. The smallest absolute Gasteiger partial charge is 0.257 e. The van der Waals surface area contributed by atoms with E-state index in [1.165, 1.54) is 24.5 Å². The molecule has 128 valence electrons. The van der Waals surface area contributed by atoms with Crippen LogP contribution >= 0.6 is 0 Å². The van der Waals surface area contributed by atoms with Gasteiger partial charge in [0.2, 0.25) is 0 Å². The van der Waals surface area contributed by atoms with Gasteiger partial charge in [-0.1, -0.05) is 0 Å². The number of aromatic nitrogens is 1. The number of pyridine rings is 1. The third-order valence-corrected chi connectivity index (χ3v) is 3.48. The Kier molecular flexibility index (Phi) is 4.85. The zero-order valence-electron chi connectivity index (χ0n) is 13.3. The molecule has 1 heterocycles. The van der Waals surface area contributed by atoms with Gasteiger partial charge in [0.25, 0.3) is 5.91 Å². The first-order valence-corrected chi connectivity index (χ1v) is 7.54. The van der Waals surface area contributed by atoms with E-state index in [-0.39, 0.29) is 5.56 Å². The molecular formula is C19H12F2N4O. The number of nitrogens with one attached hydrogen (secondary N) is 2. The molecule has 0 spiro atoms. The maximum absolute atomic E-state index is 13.3. The van der Waals surface area contributed by atoms with E-state index in [1.807, 2.05) is 6.07 Å². The molecule has 0 fully saturated rings. The average Bonchev–Trinajstić information content (AvgIpc) is 2.65. The van der Waals surface area contributed by atoms with Gasteiger partial charge in [-0.25, -0.2) is 8.78 Å². The van der Waals surface area contributed by atoms with E-state index in [2.05, 4.69) is 15.6 Å². The molecule has 0 radical (unpaired) electrons. The summed E-state index contributed by atoms with van der Waals surface area (Å²) >= 11 is 0. The van der Waals surface area contributed by atoms with Crippen molar-refractivity contribution in [2.75, 3.05) is 10.6 Å². The highest BCUT2D eigenvalue weighted by molar-refractivity contribution is 6.04. The van der Waals surface area contributed by atoms with Crippen LogP contribution in [0.4, 0.5) is 25.8 Å². The molecule has 1 amide bonds. The number of rotatable bonds is 4. The second-order valence-electron chi connectivity index (χ2n) is 5.36. The standard InChI is InChI=1S/C19H12F2N4O/c20-17-6-5-15(8-18(17)21)24-16-7-13(10-23-11-16)19(26)25-14-3-1-12(9-22)2-4-14/h1-8,10-11,24H,(H,25,26). The van der Waals surface area contributed by atoms with Gasteiger partial charge in [-0.15, -0.1) is 0 Å². The van der Waals surface area contributed by atoms with Gasteiger partial charge in [0, 0.05) is 23.6 Å². The number of halogens is 2. The van der Waals surface area contributed by atoms with Crippen molar-refractivity contribution in [1.82, 2.24) is 4.98 Å². The highest BCUT2D eigenvalue weighted by Crippen LogP contribution is 2.19.